The van der Waals surface area contributed by atoms with Crippen LogP contribution in [0.15, 0.2) is 42.5 Å². The first-order chi connectivity index (χ1) is 14.2. The second-order valence-electron chi connectivity index (χ2n) is 6.28. The number of hydrogen-bond acceptors (Lipinski definition) is 4. The van der Waals surface area contributed by atoms with E-state index < -0.39 is 30.1 Å². The molecular weight excluding hydrogens is 401 g/mol. The summed E-state index contributed by atoms with van der Waals surface area (Å²) in [6.45, 7) is 3.97. The first-order valence-electron chi connectivity index (χ1n) is 9.28. The lowest BCUT2D eigenvalue weighted by Gasteiger charge is -2.19. The summed E-state index contributed by atoms with van der Waals surface area (Å²) in [6.07, 6.45) is -4.61. The molecule has 9 heteroatoms. The minimum atomic E-state index is -4.61. The first kappa shape index (κ1) is 23.1. The zero-order valence-electron chi connectivity index (χ0n) is 16.9. The molecule has 6 nitrogen and oxygen atoms in total. The standard InChI is InChI=1S/C21H23F3N2O4/c1-4-29-17-11-10-14(12-18(17)30-5-2)20(28)26(3)13-19(27)25-16-9-7-6-8-15(16)21(22,23)24/h6-12H,4-5,13H2,1-3H3,(H,25,27). The molecule has 1 N–H and O–H groups in total. The van der Waals surface area contributed by atoms with E-state index >= 15 is 0 Å². The quantitative estimate of drug-likeness (QED) is 0.689. The Hall–Kier alpha value is -3.23. The van der Waals surface area contributed by atoms with Gasteiger partial charge >= 0.3 is 6.18 Å². The summed E-state index contributed by atoms with van der Waals surface area (Å²) in [5.74, 6) is -0.362. The predicted octanol–water partition coefficient (Wildman–Crippen LogP) is 4.21. The van der Waals surface area contributed by atoms with Gasteiger partial charge in [-0.3, -0.25) is 9.59 Å². The highest BCUT2D eigenvalue weighted by Gasteiger charge is 2.33. The molecule has 2 aromatic carbocycles. The van der Waals surface area contributed by atoms with E-state index in [1.54, 1.807) is 13.0 Å². The molecular formula is C21H23F3N2O4. The largest absolute Gasteiger partial charge is 0.490 e. The fraction of sp³-hybridized carbons (Fsp3) is 0.333. The molecule has 162 valence electrons. The Kier molecular flexibility index (Phi) is 7.68. The lowest BCUT2D eigenvalue weighted by atomic mass is 10.1. The molecule has 0 aromatic heterocycles. The fourth-order valence-corrected chi connectivity index (χ4v) is 2.72. The number of ether oxygens (including phenoxy) is 2. The van der Waals surface area contributed by atoms with Crippen LogP contribution < -0.4 is 14.8 Å². The van der Waals surface area contributed by atoms with Crippen LogP contribution in [-0.2, 0) is 11.0 Å². The van der Waals surface area contributed by atoms with Crippen molar-refractivity contribution in [1.82, 2.24) is 4.90 Å². The third-order valence-corrected chi connectivity index (χ3v) is 4.02. The van der Waals surface area contributed by atoms with Gasteiger partial charge in [0.2, 0.25) is 5.91 Å². The molecule has 2 rings (SSSR count). The van der Waals surface area contributed by atoms with Crippen LogP contribution in [0.1, 0.15) is 29.8 Å². The molecule has 0 aliphatic heterocycles. The molecule has 30 heavy (non-hydrogen) atoms. The summed E-state index contributed by atoms with van der Waals surface area (Å²) >= 11 is 0. The minimum absolute atomic E-state index is 0.257. The Labute approximate surface area is 172 Å². The number of hydrogen-bond donors (Lipinski definition) is 1. The van der Waals surface area contributed by atoms with Gasteiger partial charge in [0.05, 0.1) is 31.0 Å². The van der Waals surface area contributed by atoms with Gasteiger partial charge in [0.1, 0.15) is 0 Å². The lowest BCUT2D eigenvalue weighted by Crippen LogP contribution is -2.35. The molecule has 0 spiro atoms. The summed E-state index contributed by atoms with van der Waals surface area (Å²) in [6, 6.07) is 9.27. The molecule has 0 atom stereocenters. The highest BCUT2D eigenvalue weighted by molar-refractivity contribution is 5.99. The fourth-order valence-electron chi connectivity index (χ4n) is 2.72. The third-order valence-electron chi connectivity index (χ3n) is 4.02. The van der Waals surface area contributed by atoms with E-state index in [1.807, 2.05) is 6.92 Å². The van der Waals surface area contributed by atoms with Gasteiger partial charge in [-0.25, -0.2) is 0 Å². The van der Waals surface area contributed by atoms with Crippen LogP contribution in [0.5, 0.6) is 11.5 Å². The number of para-hydroxylation sites is 1. The number of carbonyl (C=O) groups excluding carboxylic acids is 2. The van der Waals surface area contributed by atoms with E-state index in [9.17, 15) is 22.8 Å². The molecule has 2 aromatic rings. The number of halogens is 3. The predicted molar refractivity (Wildman–Crippen MR) is 106 cm³/mol. The van der Waals surface area contributed by atoms with Gasteiger partial charge in [-0.1, -0.05) is 12.1 Å². The van der Waals surface area contributed by atoms with E-state index in [0.29, 0.717) is 24.7 Å². The average molecular weight is 424 g/mol. The van der Waals surface area contributed by atoms with Crippen LogP contribution in [0.2, 0.25) is 0 Å². The molecule has 0 saturated carbocycles. The Bertz CT molecular complexity index is 900. The molecule has 0 radical (unpaired) electrons. The number of amides is 2. The molecule has 2 amide bonds. The van der Waals surface area contributed by atoms with Crippen LogP contribution in [0.25, 0.3) is 0 Å². The second kappa shape index (κ2) is 10.00. The Balaban J connectivity index is 2.11. The normalized spacial score (nSPS) is 11.0. The minimum Gasteiger partial charge on any atom is -0.490 e. The van der Waals surface area contributed by atoms with Crippen molar-refractivity contribution in [1.29, 1.82) is 0 Å². The van der Waals surface area contributed by atoms with E-state index in [-0.39, 0.29) is 11.3 Å². The van der Waals surface area contributed by atoms with Crippen molar-refractivity contribution in [2.75, 3.05) is 32.1 Å². The van der Waals surface area contributed by atoms with Gasteiger partial charge in [0, 0.05) is 12.6 Å². The SMILES string of the molecule is CCOc1ccc(C(=O)N(C)CC(=O)Nc2ccccc2C(F)(F)F)cc1OCC. The number of rotatable bonds is 8. The van der Waals surface area contributed by atoms with Gasteiger partial charge in [-0.15, -0.1) is 0 Å². The molecule has 0 aliphatic rings. The summed E-state index contributed by atoms with van der Waals surface area (Å²) in [5, 5.41) is 2.21. The van der Waals surface area contributed by atoms with Crippen LogP contribution in [0, 0.1) is 0 Å². The maximum Gasteiger partial charge on any atom is 0.418 e. The molecule has 0 heterocycles. The molecule has 0 saturated heterocycles. The zero-order valence-corrected chi connectivity index (χ0v) is 16.9. The third kappa shape index (κ3) is 5.88. The number of anilines is 1. The number of benzene rings is 2. The smallest absolute Gasteiger partial charge is 0.418 e. The van der Waals surface area contributed by atoms with Gasteiger partial charge in [0.15, 0.2) is 11.5 Å². The van der Waals surface area contributed by atoms with E-state index in [1.165, 1.54) is 31.3 Å². The van der Waals surface area contributed by atoms with Crippen molar-refractivity contribution >= 4 is 17.5 Å². The van der Waals surface area contributed by atoms with Crippen molar-refractivity contribution in [3.8, 4) is 11.5 Å². The van der Waals surface area contributed by atoms with Crippen molar-refractivity contribution in [2.45, 2.75) is 20.0 Å². The van der Waals surface area contributed by atoms with E-state index in [2.05, 4.69) is 5.32 Å². The summed E-state index contributed by atoms with van der Waals surface area (Å²) in [7, 11) is 1.38. The number of alkyl halides is 3. The molecule has 0 aliphatic carbocycles. The van der Waals surface area contributed by atoms with E-state index in [4.69, 9.17) is 9.47 Å². The first-order valence-corrected chi connectivity index (χ1v) is 9.28. The van der Waals surface area contributed by atoms with Crippen molar-refractivity contribution in [3.63, 3.8) is 0 Å². The van der Waals surface area contributed by atoms with Crippen molar-refractivity contribution in [3.05, 3.63) is 53.6 Å². The molecule has 0 unspecified atom stereocenters. The van der Waals surface area contributed by atoms with Crippen molar-refractivity contribution < 1.29 is 32.2 Å². The van der Waals surface area contributed by atoms with Crippen LogP contribution in [0.3, 0.4) is 0 Å². The van der Waals surface area contributed by atoms with Crippen LogP contribution >= 0.6 is 0 Å². The van der Waals surface area contributed by atoms with Gasteiger partial charge in [0.25, 0.3) is 5.91 Å². The highest BCUT2D eigenvalue weighted by Crippen LogP contribution is 2.34. The second-order valence-corrected chi connectivity index (χ2v) is 6.28. The summed E-state index contributed by atoms with van der Waals surface area (Å²) in [5.41, 5.74) is -1.07. The van der Waals surface area contributed by atoms with Gasteiger partial charge in [-0.05, 0) is 44.2 Å². The zero-order chi connectivity index (χ0) is 22.3. The topological polar surface area (TPSA) is 67.9 Å². The summed E-state index contributed by atoms with van der Waals surface area (Å²) in [4.78, 5) is 26.0. The van der Waals surface area contributed by atoms with Crippen molar-refractivity contribution in [2.24, 2.45) is 0 Å². The van der Waals surface area contributed by atoms with E-state index in [0.717, 1.165) is 17.0 Å². The lowest BCUT2D eigenvalue weighted by molar-refractivity contribution is -0.137. The molecule has 0 bridgehead atoms. The Morgan fingerprint density at radius 1 is 1.00 bits per heavy atom. The number of carbonyl (C=O) groups is 2. The number of likely N-dealkylation sites (N-methyl/N-ethyl adjacent to an activating group) is 1. The van der Waals surface area contributed by atoms with Gasteiger partial charge < -0.3 is 19.7 Å². The summed E-state index contributed by atoms with van der Waals surface area (Å²) < 4.78 is 50.1. The number of nitrogens with one attached hydrogen (secondary N) is 1. The maximum atomic E-state index is 13.1. The van der Waals surface area contributed by atoms with Crippen LogP contribution in [-0.4, -0.2) is 43.5 Å². The highest BCUT2D eigenvalue weighted by atomic mass is 19.4. The number of nitrogens with zero attached hydrogens (tertiary/aromatic N) is 1. The maximum absolute atomic E-state index is 13.1. The Morgan fingerprint density at radius 3 is 2.27 bits per heavy atom. The molecule has 0 fully saturated rings. The Morgan fingerprint density at radius 2 is 1.63 bits per heavy atom. The van der Waals surface area contributed by atoms with Crippen LogP contribution in [0.4, 0.5) is 18.9 Å². The monoisotopic (exact) mass is 424 g/mol. The van der Waals surface area contributed by atoms with Gasteiger partial charge in [-0.2, -0.15) is 13.2 Å². The average Bonchev–Trinajstić information content (AvgIpc) is 2.68.